The molecule has 2 aliphatic rings. The summed E-state index contributed by atoms with van der Waals surface area (Å²) in [6, 6.07) is 5.53. The van der Waals surface area contributed by atoms with Gasteiger partial charge in [0.15, 0.2) is 0 Å². The number of rotatable bonds is 5. The predicted molar refractivity (Wildman–Crippen MR) is 137 cm³/mol. The summed E-state index contributed by atoms with van der Waals surface area (Å²) < 4.78 is 41.0. The molecular formula is C27H33F3N6O2. The van der Waals surface area contributed by atoms with Crippen LogP contribution in [0.25, 0.3) is 5.65 Å². The van der Waals surface area contributed by atoms with Crippen molar-refractivity contribution in [2.45, 2.75) is 63.3 Å². The molecule has 3 aromatic rings. The molecule has 2 saturated heterocycles. The number of likely N-dealkylation sites (tertiary alicyclic amines) is 1. The zero-order chi connectivity index (χ0) is 27.1. The Kier molecular flexibility index (Phi) is 7.19. The van der Waals surface area contributed by atoms with E-state index in [0.29, 0.717) is 23.2 Å². The Hall–Kier alpha value is -3.02. The molecule has 5 rings (SSSR count). The Balaban J connectivity index is 1.37. The standard InChI is InChI=1S/C27H33F3N6O2/c1-26(2,38)19-14-24-33-21(17-8-12-35(13-9-17)18-6-10-31-11-7-18)15-36(24)16-22(19)34-25(37)20-4-3-5-23(32-20)27(28,29)30/h3-5,14-18,31,38H,6-13H2,1-2H3,(H,34,37). The number of anilines is 1. The van der Waals surface area contributed by atoms with Gasteiger partial charge in [0, 0.05) is 29.9 Å². The van der Waals surface area contributed by atoms with Crippen LogP contribution in [0.1, 0.15) is 72.9 Å². The second-order valence-electron chi connectivity index (χ2n) is 10.7. The number of carbonyl (C=O) groups excluding carboxylic acids is 1. The highest BCUT2D eigenvalue weighted by atomic mass is 19.4. The number of alkyl halides is 3. The fraction of sp³-hybridized carbons (Fsp3) is 0.519. The normalized spacial score (nSPS) is 18.7. The van der Waals surface area contributed by atoms with Crippen molar-refractivity contribution < 1.29 is 23.1 Å². The van der Waals surface area contributed by atoms with Crippen LogP contribution in [0.4, 0.5) is 18.9 Å². The molecule has 0 spiro atoms. The van der Waals surface area contributed by atoms with Gasteiger partial charge in [-0.2, -0.15) is 13.2 Å². The SMILES string of the molecule is CC(C)(O)c1cc2nc(C3CCN(C4CCNCC4)CC3)cn2cc1NC(=O)c1cccc(C(F)(F)F)n1. The summed E-state index contributed by atoms with van der Waals surface area (Å²) in [5, 5.41) is 16.9. The van der Waals surface area contributed by atoms with Crippen molar-refractivity contribution >= 4 is 17.2 Å². The van der Waals surface area contributed by atoms with Gasteiger partial charge in [0.25, 0.3) is 5.91 Å². The van der Waals surface area contributed by atoms with Gasteiger partial charge in [-0.25, -0.2) is 9.97 Å². The molecule has 3 N–H and O–H groups in total. The van der Waals surface area contributed by atoms with Gasteiger partial charge < -0.3 is 25.0 Å². The first-order valence-electron chi connectivity index (χ1n) is 13.0. The quantitative estimate of drug-likeness (QED) is 0.459. The van der Waals surface area contributed by atoms with Gasteiger partial charge in [-0.05, 0) is 83.9 Å². The number of piperidine rings is 2. The first kappa shape index (κ1) is 26.6. The summed E-state index contributed by atoms with van der Waals surface area (Å²) in [4.78, 5) is 23.8. The Morgan fingerprint density at radius 1 is 1.08 bits per heavy atom. The third-order valence-corrected chi connectivity index (χ3v) is 7.56. The number of carbonyl (C=O) groups is 1. The lowest BCUT2D eigenvalue weighted by Gasteiger charge is -2.39. The van der Waals surface area contributed by atoms with Crippen LogP contribution in [-0.2, 0) is 11.8 Å². The minimum Gasteiger partial charge on any atom is -0.386 e. The first-order chi connectivity index (χ1) is 18.0. The fourth-order valence-corrected chi connectivity index (χ4v) is 5.49. The van der Waals surface area contributed by atoms with Crippen molar-refractivity contribution in [1.29, 1.82) is 0 Å². The number of fused-ring (bicyclic) bond motifs is 1. The highest BCUT2D eigenvalue weighted by Gasteiger charge is 2.33. The molecule has 0 saturated carbocycles. The van der Waals surface area contributed by atoms with Crippen LogP contribution < -0.4 is 10.6 Å². The summed E-state index contributed by atoms with van der Waals surface area (Å²) in [7, 11) is 0. The van der Waals surface area contributed by atoms with E-state index in [9.17, 15) is 23.1 Å². The van der Waals surface area contributed by atoms with E-state index < -0.39 is 23.4 Å². The molecule has 8 nitrogen and oxygen atoms in total. The minimum absolute atomic E-state index is 0.277. The van der Waals surface area contributed by atoms with Crippen LogP contribution in [0.15, 0.2) is 36.7 Å². The summed E-state index contributed by atoms with van der Waals surface area (Å²) in [6.45, 7) is 7.37. The summed E-state index contributed by atoms with van der Waals surface area (Å²) in [5.41, 5.74) is -0.574. The number of imidazole rings is 1. The Bertz CT molecular complexity index is 1300. The van der Waals surface area contributed by atoms with Crippen molar-refractivity contribution in [3.8, 4) is 0 Å². The van der Waals surface area contributed by atoms with Crippen molar-refractivity contribution in [3.63, 3.8) is 0 Å². The van der Waals surface area contributed by atoms with Crippen LogP contribution in [0, 0.1) is 0 Å². The van der Waals surface area contributed by atoms with Gasteiger partial charge in [0.1, 0.15) is 17.0 Å². The van der Waals surface area contributed by atoms with E-state index >= 15 is 0 Å². The number of aliphatic hydroxyl groups is 1. The maximum Gasteiger partial charge on any atom is 0.433 e. The van der Waals surface area contributed by atoms with Crippen LogP contribution in [0.5, 0.6) is 0 Å². The number of nitrogens with one attached hydrogen (secondary N) is 2. The van der Waals surface area contributed by atoms with Gasteiger partial charge in [0.05, 0.1) is 17.0 Å². The molecule has 204 valence electrons. The second kappa shape index (κ2) is 10.3. The molecule has 2 fully saturated rings. The Morgan fingerprint density at radius 3 is 2.45 bits per heavy atom. The Morgan fingerprint density at radius 2 is 1.79 bits per heavy atom. The fourth-order valence-electron chi connectivity index (χ4n) is 5.49. The second-order valence-corrected chi connectivity index (χ2v) is 10.7. The third kappa shape index (κ3) is 5.69. The number of pyridine rings is 2. The highest BCUT2D eigenvalue weighted by Crippen LogP contribution is 2.33. The smallest absolute Gasteiger partial charge is 0.386 e. The molecule has 0 atom stereocenters. The van der Waals surface area contributed by atoms with E-state index in [1.54, 1.807) is 30.5 Å². The van der Waals surface area contributed by atoms with Crippen molar-refractivity contribution in [1.82, 2.24) is 24.6 Å². The van der Waals surface area contributed by atoms with Crippen LogP contribution >= 0.6 is 0 Å². The van der Waals surface area contributed by atoms with Gasteiger partial charge >= 0.3 is 6.18 Å². The topological polar surface area (TPSA) is 94.8 Å². The molecule has 0 unspecified atom stereocenters. The molecule has 0 radical (unpaired) electrons. The number of halogens is 3. The zero-order valence-electron chi connectivity index (χ0n) is 21.6. The molecule has 2 aliphatic heterocycles. The van der Waals surface area contributed by atoms with Crippen molar-refractivity contribution in [2.24, 2.45) is 0 Å². The van der Waals surface area contributed by atoms with E-state index in [2.05, 4.69) is 20.5 Å². The maximum atomic E-state index is 13.1. The number of hydrogen-bond acceptors (Lipinski definition) is 6. The lowest BCUT2D eigenvalue weighted by Crippen LogP contribution is -2.46. The molecule has 3 aromatic heterocycles. The van der Waals surface area contributed by atoms with Crippen molar-refractivity contribution in [3.05, 3.63) is 59.3 Å². The molecule has 0 aromatic carbocycles. The van der Waals surface area contributed by atoms with E-state index in [-0.39, 0.29) is 11.4 Å². The van der Waals surface area contributed by atoms with Gasteiger partial charge in [-0.1, -0.05) is 6.07 Å². The van der Waals surface area contributed by atoms with Crippen molar-refractivity contribution in [2.75, 3.05) is 31.5 Å². The molecule has 0 bridgehead atoms. The third-order valence-electron chi connectivity index (χ3n) is 7.56. The number of aromatic nitrogens is 3. The lowest BCUT2D eigenvalue weighted by atomic mass is 9.92. The van der Waals surface area contributed by atoms with E-state index in [1.165, 1.54) is 18.9 Å². The number of hydrogen-bond donors (Lipinski definition) is 3. The monoisotopic (exact) mass is 530 g/mol. The molecule has 11 heteroatoms. The summed E-state index contributed by atoms with van der Waals surface area (Å²) in [5.74, 6) is -0.489. The summed E-state index contributed by atoms with van der Waals surface area (Å²) in [6.07, 6.45) is 3.31. The molecular weight excluding hydrogens is 497 g/mol. The number of nitrogens with zero attached hydrogens (tertiary/aromatic N) is 4. The number of amides is 1. The highest BCUT2D eigenvalue weighted by molar-refractivity contribution is 6.03. The summed E-state index contributed by atoms with van der Waals surface area (Å²) >= 11 is 0. The maximum absolute atomic E-state index is 13.1. The van der Waals surface area contributed by atoms with E-state index in [0.717, 1.165) is 56.8 Å². The molecule has 38 heavy (non-hydrogen) atoms. The minimum atomic E-state index is -4.66. The van der Waals surface area contributed by atoms with Crippen LogP contribution in [-0.4, -0.2) is 62.5 Å². The van der Waals surface area contributed by atoms with Crippen LogP contribution in [0.2, 0.25) is 0 Å². The predicted octanol–water partition coefficient (Wildman–Crippen LogP) is 4.16. The molecule has 0 aliphatic carbocycles. The molecule has 1 amide bonds. The zero-order valence-corrected chi connectivity index (χ0v) is 21.6. The van der Waals surface area contributed by atoms with Gasteiger partial charge in [0.2, 0.25) is 0 Å². The first-order valence-corrected chi connectivity index (χ1v) is 13.0. The van der Waals surface area contributed by atoms with Crippen LogP contribution in [0.3, 0.4) is 0 Å². The Labute approximate surface area is 219 Å². The average molecular weight is 531 g/mol. The average Bonchev–Trinajstić information content (AvgIpc) is 3.31. The molecule has 5 heterocycles. The lowest BCUT2D eigenvalue weighted by molar-refractivity contribution is -0.141. The largest absolute Gasteiger partial charge is 0.433 e. The van der Waals surface area contributed by atoms with E-state index in [1.807, 2.05) is 6.20 Å². The van der Waals surface area contributed by atoms with E-state index in [4.69, 9.17) is 4.98 Å². The van der Waals surface area contributed by atoms with Gasteiger partial charge in [-0.3, -0.25) is 4.79 Å². The van der Waals surface area contributed by atoms with Gasteiger partial charge in [-0.15, -0.1) is 0 Å².